The van der Waals surface area contributed by atoms with Crippen molar-refractivity contribution in [1.29, 1.82) is 0 Å². The van der Waals surface area contributed by atoms with Crippen molar-refractivity contribution in [3.05, 3.63) is 89.8 Å². The molecule has 4 aromatic rings. The molecular formula is C21H18N4O3. The van der Waals surface area contributed by atoms with Gasteiger partial charge in [-0.3, -0.25) is 9.59 Å². The summed E-state index contributed by atoms with van der Waals surface area (Å²) in [6.45, 7) is 2.17. The van der Waals surface area contributed by atoms with Gasteiger partial charge in [0.05, 0.1) is 18.5 Å². The zero-order valence-corrected chi connectivity index (χ0v) is 15.2. The molecule has 7 heteroatoms. The molecule has 0 atom stereocenters. The van der Waals surface area contributed by atoms with Crippen molar-refractivity contribution in [2.24, 2.45) is 0 Å². The van der Waals surface area contributed by atoms with E-state index in [4.69, 9.17) is 4.42 Å². The number of anilines is 1. The number of amides is 2. The van der Waals surface area contributed by atoms with E-state index in [1.54, 1.807) is 30.3 Å². The van der Waals surface area contributed by atoms with E-state index < -0.39 is 0 Å². The second-order valence-corrected chi connectivity index (χ2v) is 6.34. The van der Waals surface area contributed by atoms with Crippen LogP contribution in [-0.4, -0.2) is 21.2 Å². The van der Waals surface area contributed by atoms with E-state index >= 15 is 0 Å². The maximum Gasteiger partial charge on any atom is 0.291 e. The predicted octanol–water partition coefficient (Wildman–Crippen LogP) is 3.42. The SMILES string of the molecule is Cc1ccc(C(=O)NCc2cn3ccccc3n2)cc1NC(=O)c1ccco1. The number of imidazole rings is 1. The van der Waals surface area contributed by atoms with E-state index in [1.807, 2.05) is 41.9 Å². The van der Waals surface area contributed by atoms with Crippen LogP contribution in [0.4, 0.5) is 5.69 Å². The number of pyridine rings is 1. The second-order valence-electron chi connectivity index (χ2n) is 6.34. The van der Waals surface area contributed by atoms with E-state index in [1.165, 1.54) is 6.26 Å². The zero-order valence-electron chi connectivity index (χ0n) is 15.2. The molecule has 1 aromatic carbocycles. The maximum absolute atomic E-state index is 12.5. The van der Waals surface area contributed by atoms with E-state index in [0.29, 0.717) is 17.8 Å². The van der Waals surface area contributed by atoms with Crippen LogP contribution in [0.15, 0.2) is 71.6 Å². The van der Waals surface area contributed by atoms with Crippen molar-refractivity contribution in [1.82, 2.24) is 14.7 Å². The summed E-state index contributed by atoms with van der Waals surface area (Å²) < 4.78 is 7.00. The predicted molar refractivity (Wildman–Crippen MR) is 104 cm³/mol. The fourth-order valence-corrected chi connectivity index (χ4v) is 2.83. The summed E-state index contributed by atoms with van der Waals surface area (Å²) in [5.41, 5.74) is 3.44. The van der Waals surface area contributed by atoms with Crippen LogP contribution in [0.5, 0.6) is 0 Å². The highest BCUT2D eigenvalue weighted by Crippen LogP contribution is 2.18. The number of hydrogen-bond donors (Lipinski definition) is 2. The van der Waals surface area contributed by atoms with Crippen LogP contribution in [0.3, 0.4) is 0 Å². The molecule has 0 bridgehead atoms. The molecular weight excluding hydrogens is 356 g/mol. The van der Waals surface area contributed by atoms with E-state index in [-0.39, 0.29) is 17.6 Å². The van der Waals surface area contributed by atoms with Gasteiger partial charge >= 0.3 is 0 Å². The highest BCUT2D eigenvalue weighted by Gasteiger charge is 2.13. The number of aromatic nitrogens is 2. The van der Waals surface area contributed by atoms with Crippen molar-refractivity contribution in [3.63, 3.8) is 0 Å². The molecule has 3 aromatic heterocycles. The summed E-state index contributed by atoms with van der Waals surface area (Å²) in [6, 6.07) is 14.1. The highest BCUT2D eigenvalue weighted by atomic mass is 16.3. The molecule has 0 spiro atoms. The van der Waals surface area contributed by atoms with Gasteiger partial charge in [-0.2, -0.15) is 0 Å². The lowest BCUT2D eigenvalue weighted by molar-refractivity contribution is 0.0948. The van der Waals surface area contributed by atoms with Crippen molar-refractivity contribution in [2.45, 2.75) is 13.5 Å². The quantitative estimate of drug-likeness (QED) is 0.560. The Morgan fingerprint density at radius 2 is 2.00 bits per heavy atom. The summed E-state index contributed by atoms with van der Waals surface area (Å²) >= 11 is 0. The van der Waals surface area contributed by atoms with Gasteiger partial charge in [-0.05, 0) is 48.9 Å². The minimum Gasteiger partial charge on any atom is -0.459 e. The number of rotatable bonds is 5. The number of benzene rings is 1. The molecule has 4 rings (SSSR count). The minimum absolute atomic E-state index is 0.209. The second kappa shape index (κ2) is 7.40. The van der Waals surface area contributed by atoms with Gasteiger partial charge in [0, 0.05) is 23.6 Å². The number of fused-ring (bicyclic) bond motifs is 1. The third-order valence-electron chi connectivity index (χ3n) is 4.34. The molecule has 0 radical (unpaired) electrons. The van der Waals surface area contributed by atoms with Gasteiger partial charge in [0.2, 0.25) is 0 Å². The number of hydrogen-bond acceptors (Lipinski definition) is 4. The molecule has 7 nitrogen and oxygen atoms in total. The smallest absolute Gasteiger partial charge is 0.291 e. The molecule has 2 N–H and O–H groups in total. The zero-order chi connectivity index (χ0) is 19.5. The summed E-state index contributed by atoms with van der Waals surface area (Å²) in [4.78, 5) is 29.2. The molecule has 0 saturated carbocycles. The summed E-state index contributed by atoms with van der Waals surface area (Å²) in [6.07, 6.45) is 5.21. The molecule has 3 heterocycles. The van der Waals surface area contributed by atoms with Crippen LogP contribution in [-0.2, 0) is 6.54 Å². The Hall–Kier alpha value is -3.87. The largest absolute Gasteiger partial charge is 0.459 e. The monoisotopic (exact) mass is 374 g/mol. The van der Waals surface area contributed by atoms with E-state index in [2.05, 4.69) is 15.6 Å². The molecule has 140 valence electrons. The summed E-state index contributed by atoms with van der Waals surface area (Å²) in [5.74, 6) is -0.401. The number of nitrogens with zero attached hydrogens (tertiary/aromatic N) is 2. The third-order valence-corrected chi connectivity index (χ3v) is 4.34. The topological polar surface area (TPSA) is 88.6 Å². The third kappa shape index (κ3) is 3.64. The number of carbonyl (C=O) groups is 2. The molecule has 0 aliphatic carbocycles. The Morgan fingerprint density at radius 1 is 1.11 bits per heavy atom. The maximum atomic E-state index is 12.5. The number of furan rings is 1. The lowest BCUT2D eigenvalue weighted by Gasteiger charge is -2.10. The van der Waals surface area contributed by atoms with Crippen molar-refractivity contribution in [2.75, 3.05) is 5.32 Å². The Balaban J connectivity index is 1.45. The van der Waals surface area contributed by atoms with Gasteiger partial charge in [-0.25, -0.2) is 4.98 Å². The molecule has 0 fully saturated rings. The molecule has 28 heavy (non-hydrogen) atoms. The van der Waals surface area contributed by atoms with Crippen LogP contribution in [0.1, 0.15) is 32.2 Å². The average Bonchev–Trinajstić information content (AvgIpc) is 3.37. The Labute approximate surface area is 161 Å². The first-order chi connectivity index (χ1) is 13.6. The van der Waals surface area contributed by atoms with Crippen molar-refractivity contribution >= 4 is 23.1 Å². The number of aryl methyl sites for hydroxylation is 1. The number of carbonyl (C=O) groups excluding carboxylic acids is 2. The first kappa shape index (κ1) is 17.5. The Bertz CT molecular complexity index is 1110. The van der Waals surface area contributed by atoms with Crippen molar-refractivity contribution < 1.29 is 14.0 Å². The van der Waals surface area contributed by atoms with Gasteiger partial charge in [0.25, 0.3) is 11.8 Å². The van der Waals surface area contributed by atoms with Crippen LogP contribution < -0.4 is 10.6 Å². The lowest BCUT2D eigenvalue weighted by Crippen LogP contribution is -2.23. The van der Waals surface area contributed by atoms with Gasteiger partial charge in [0.15, 0.2) is 5.76 Å². The molecule has 0 aliphatic rings. The summed E-state index contributed by atoms with van der Waals surface area (Å²) in [7, 11) is 0. The van der Waals surface area contributed by atoms with Gasteiger partial charge in [0.1, 0.15) is 5.65 Å². The van der Waals surface area contributed by atoms with Crippen LogP contribution >= 0.6 is 0 Å². The first-order valence-electron chi connectivity index (χ1n) is 8.76. The average molecular weight is 374 g/mol. The fraction of sp³-hybridized carbons (Fsp3) is 0.0952. The fourth-order valence-electron chi connectivity index (χ4n) is 2.83. The van der Waals surface area contributed by atoms with Gasteiger partial charge < -0.3 is 19.5 Å². The lowest BCUT2D eigenvalue weighted by atomic mass is 10.1. The highest BCUT2D eigenvalue weighted by molar-refractivity contribution is 6.03. The van der Waals surface area contributed by atoms with Gasteiger partial charge in [-0.1, -0.05) is 12.1 Å². The van der Waals surface area contributed by atoms with Crippen LogP contribution in [0, 0.1) is 6.92 Å². The van der Waals surface area contributed by atoms with Crippen molar-refractivity contribution in [3.8, 4) is 0 Å². The Morgan fingerprint density at radius 3 is 2.79 bits per heavy atom. The summed E-state index contributed by atoms with van der Waals surface area (Å²) in [5, 5.41) is 5.63. The molecule has 0 aliphatic heterocycles. The standard InChI is InChI=1S/C21H18N4O3/c1-14-7-8-15(11-17(14)24-21(27)18-5-4-10-28-18)20(26)22-12-16-13-25-9-3-2-6-19(25)23-16/h2-11,13H,12H2,1H3,(H,22,26)(H,24,27). The first-order valence-corrected chi connectivity index (χ1v) is 8.76. The number of nitrogens with one attached hydrogen (secondary N) is 2. The molecule has 2 amide bonds. The Kier molecular flexibility index (Phi) is 4.63. The van der Waals surface area contributed by atoms with E-state index in [9.17, 15) is 9.59 Å². The van der Waals surface area contributed by atoms with Crippen LogP contribution in [0.2, 0.25) is 0 Å². The van der Waals surface area contributed by atoms with Gasteiger partial charge in [-0.15, -0.1) is 0 Å². The molecule has 0 saturated heterocycles. The minimum atomic E-state index is -0.365. The van der Waals surface area contributed by atoms with Crippen LogP contribution in [0.25, 0.3) is 5.65 Å². The van der Waals surface area contributed by atoms with E-state index in [0.717, 1.165) is 16.9 Å². The normalized spacial score (nSPS) is 10.8. The molecule has 0 unspecified atom stereocenters.